The highest BCUT2D eigenvalue weighted by molar-refractivity contribution is 5.94. The first-order valence-electron chi connectivity index (χ1n) is 9.46. The zero-order valence-electron chi connectivity index (χ0n) is 16.4. The first-order valence-corrected chi connectivity index (χ1v) is 9.46. The first kappa shape index (κ1) is 19.6. The number of nitrogens with one attached hydrogen (secondary N) is 1. The molecule has 0 fully saturated rings. The van der Waals surface area contributed by atoms with Gasteiger partial charge in [0, 0.05) is 12.0 Å². The van der Waals surface area contributed by atoms with E-state index in [2.05, 4.69) is 22.4 Å². The topological polar surface area (TPSA) is 77.2 Å². The number of amides is 1. The molecular weight excluding hydrogens is 354 g/mol. The molecule has 28 heavy (non-hydrogen) atoms. The monoisotopic (exact) mass is 379 g/mol. The Balaban J connectivity index is 1.63. The van der Waals surface area contributed by atoms with Crippen LogP contribution in [-0.2, 0) is 18.6 Å². The number of rotatable bonds is 8. The summed E-state index contributed by atoms with van der Waals surface area (Å²) >= 11 is 0. The van der Waals surface area contributed by atoms with Crippen molar-refractivity contribution in [1.82, 2.24) is 15.5 Å². The van der Waals surface area contributed by atoms with E-state index in [9.17, 15) is 4.79 Å². The number of hydrogen-bond donors (Lipinski definition) is 1. The van der Waals surface area contributed by atoms with Crippen LogP contribution in [0.5, 0.6) is 5.75 Å². The van der Waals surface area contributed by atoms with Crippen LogP contribution in [0.1, 0.15) is 54.8 Å². The van der Waals surface area contributed by atoms with Gasteiger partial charge in [0.1, 0.15) is 5.75 Å². The third kappa shape index (κ3) is 4.57. The van der Waals surface area contributed by atoms with E-state index < -0.39 is 5.54 Å². The molecule has 0 radical (unpaired) electrons. The van der Waals surface area contributed by atoms with E-state index in [1.165, 1.54) is 0 Å². The van der Waals surface area contributed by atoms with Gasteiger partial charge in [0.25, 0.3) is 5.91 Å². The first-order chi connectivity index (χ1) is 13.5. The van der Waals surface area contributed by atoms with Crippen molar-refractivity contribution in [2.75, 3.05) is 0 Å². The maximum Gasteiger partial charge on any atom is 0.251 e. The molecule has 0 saturated heterocycles. The number of carbonyl (C=O) groups is 1. The summed E-state index contributed by atoms with van der Waals surface area (Å²) in [4.78, 5) is 16.9. The van der Waals surface area contributed by atoms with Crippen molar-refractivity contribution in [3.05, 3.63) is 77.4 Å². The second-order valence-electron chi connectivity index (χ2n) is 6.78. The highest BCUT2D eigenvalue weighted by Crippen LogP contribution is 2.25. The van der Waals surface area contributed by atoms with Crippen LogP contribution in [0.4, 0.5) is 0 Å². The van der Waals surface area contributed by atoms with Gasteiger partial charge in [-0.3, -0.25) is 4.79 Å². The van der Waals surface area contributed by atoms with Gasteiger partial charge in [-0.2, -0.15) is 4.98 Å². The van der Waals surface area contributed by atoms with Gasteiger partial charge in [0.2, 0.25) is 11.7 Å². The maximum atomic E-state index is 12.7. The van der Waals surface area contributed by atoms with Gasteiger partial charge >= 0.3 is 0 Å². The predicted molar refractivity (Wildman–Crippen MR) is 106 cm³/mol. The smallest absolute Gasteiger partial charge is 0.251 e. The molecule has 6 heteroatoms. The Morgan fingerprint density at radius 3 is 2.43 bits per heavy atom. The molecule has 0 aliphatic heterocycles. The molecule has 1 atom stereocenters. The zero-order chi connectivity index (χ0) is 20.0. The molecule has 0 aliphatic rings. The minimum Gasteiger partial charge on any atom is -0.485 e. The second-order valence-corrected chi connectivity index (χ2v) is 6.78. The fourth-order valence-corrected chi connectivity index (χ4v) is 2.84. The van der Waals surface area contributed by atoms with E-state index in [1.54, 1.807) is 24.3 Å². The molecule has 1 unspecified atom stereocenters. The minimum atomic E-state index is -0.427. The SMILES string of the molecule is CCc1nc(COc2ccc(C(=O)NC(C)(CC)c3ccccc3)cc2)no1. The maximum absolute atomic E-state index is 12.7. The quantitative estimate of drug-likeness (QED) is 0.632. The normalized spacial score (nSPS) is 13.0. The van der Waals surface area contributed by atoms with Crippen LogP contribution in [0.3, 0.4) is 0 Å². The van der Waals surface area contributed by atoms with Gasteiger partial charge in [-0.1, -0.05) is 49.3 Å². The lowest BCUT2D eigenvalue weighted by molar-refractivity contribution is 0.0902. The fraction of sp³-hybridized carbons (Fsp3) is 0.318. The lowest BCUT2D eigenvalue weighted by atomic mass is 9.89. The summed E-state index contributed by atoms with van der Waals surface area (Å²) in [5.41, 5.74) is 1.23. The molecule has 1 amide bonds. The van der Waals surface area contributed by atoms with Crippen molar-refractivity contribution < 1.29 is 14.1 Å². The molecule has 1 N–H and O–H groups in total. The van der Waals surface area contributed by atoms with Gasteiger partial charge in [-0.05, 0) is 43.2 Å². The molecule has 0 bridgehead atoms. The van der Waals surface area contributed by atoms with Crippen molar-refractivity contribution in [2.24, 2.45) is 0 Å². The number of hydrogen-bond acceptors (Lipinski definition) is 5. The molecule has 1 aromatic heterocycles. The molecule has 2 aromatic carbocycles. The number of aromatic nitrogens is 2. The van der Waals surface area contributed by atoms with Crippen molar-refractivity contribution in [3.63, 3.8) is 0 Å². The van der Waals surface area contributed by atoms with E-state index in [0.717, 1.165) is 12.0 Å². The summed E-state index contributed by atoms with van der Waals surface area (Å²) in [6.45, 7) is 6.26. The van der Waals surface area contributed by atoms with Crippen LogP contribution in [0, 0.1) is 0 Å². The Hall–Kier alpha value is -3.15. The average molecular weight is 379 g/mol. The Morgan fingerprint density at radius 2 is 1.82 bits per heavy atom. The van der Waals surface area contributed by atoms with Crippen LogP contribution >= 0.6 is 0 Å². The molecule has 0 spiro atoms. The zero-order valence-corrected chi connectivity index (χ0v) is 16.4. The van der Waals surface area contributed by atoms with E-state index in [-0.39, 0.29) is 12.5 Å². The summed E-state index contributed by atoms with van der Waals surface area (Å²) < 4.78 is 10.7. The molecule has 146 valence electrons. The molecule has 0 aliphatic carbocycles. The van der Waals surface area contributed by atoms with Crippen LogP contribution in [0.15, 0.2) is 59.1 Å². The number of ether oxygens (including phenoxy) is 1. The summed E-state index contributed by atoms with van der Waals surface area (Å²) in [5.74, 6) is 1.61. The van der Waals surface area contributed by atoms with Gasteiger partial charge in [-0.25, -0.2) is 0 Å². The fourth-order valence-electron chi connectivity index (χ4n) is 2.84. The number of benzene rings is 2. The molecule has 3 aromatic rings. The van der Waals surface area contributed by atoms with Crippen molar-refractivity contribution in [3.8, 4) is 5.75 Å². The van der Waals surface area contributed by atoms with Gasteiger partial charge in [0.05, 0.1) is 5.54 Å². The van der Waals surface area contributed by atoms with Crippen molar-refractivity contribution in [1.29, 1.82) is 0 Å². The summed E-state index contributed by atoms with van der Waals surface area (Å²) in [7, 11) is 0. The minimum absolute atomic E-state index is 0.120. The van der Waals surface area contributed by atoms with Gasteiger partial charge in [0.15, 0.2) is 6.61 Å². The predicted octanol–water partition coefficient (Wildman–Crippen LogP) is 4.27. The van der Waals surface area contributed by atoms with E-state index in [0.29, 0.717) is 29.4 Å². The highest BCUT2D eigenvalue weighted by Gasteiger charge is 2.26. The van der Waals surface area contributed by atoms with Crippen LogP contribution < -0.4 is 10.1 Å². The Kier molecular flexibility index (Phi) is 6.09. The van der Waals surface area contributed by atoms with Crippen molar-refractivity contribution >= 4 is 5.91 Å². The number of nitrogens with zero attached hydrogens (tertiary/aromatic N) is 2. The van der Waals surface area contributed by atoms with Crippen LogP contribution in [0.25, 0.3) is 0 Å². The summed E-state index contributed by atoms with van der Waals surface area (Å²) in [6.07, 6.45) is 1.48. The summed E-state index contributed by atoms with van der Waals surface area (Å²) in [6, 6.07) is 17.0. The third-order valence-corrected chi connectivity index (χ3v) is 4.80. The second kappa shape index (κ2) is 8.69. The molecular formula is C22H25N3O3. The Morgan fingerprint density at radius 1 is 1.11 bits per heavy atom. The number of aryl methyl sites for hydroxylation is 1. The van der Waals surface area contributed by atoms with Gasteiger partial charge < -0.3 is 14.6 Å². The summed E-state index contributed by atoms with van der Waals surface area (Å²) in [5, 5.41) is 7.00. The molecule has 6 nitrogen and oxygen atoms in total. The van der Waals surface area contributed by atoms with E-state index in [1.807, 2.05) is 44.2 Å². The van der Waals surface area contributed by atoms with E-state index in [4.69, 9.17) is 9.26 Å². The lowest BCUT2D eigenvalue weighted by Crippen LogP contribution is -2.43. The van der Waals surface area contributed by atoms with Gasteiger partial charge in [-0.15, -0.1) is 0 Å². The molecule has 3 rings (SSSR count). The number of carbonyl (C=O) groups excluding carboxylic acids is 1. The highest BCUT2D eigenvalue weighted by atomic mass is 16.5. The Labute approximate surface area is 164 Å². The molecule has 0 saturated carbocycles. The largest absolute Gasteiger partial charge is 0.485 e. The lowest BCUT2D eigenvalue weighted by Gasteiger charge is -2.30. The van der Waals surface area contributed by atoms with Crippen LogP contribution in [-0.4, -0.2) is 16.0 Å². The third-order valence-electron chi connectivity index (χ3n) is 4.80. The van der Waals surface area contributed by atoms with Crippen LogP contribution in [0.2, 0.25) is 0 Å². The Bertz CT molecular complexity index is 906. The van der Waals surface area contributed by atoms with E-state index >= 15 is 0 Å². The molecule has 1 heterocycles. The standard InChI is InChI=1S/C22H25N3O3/c1-4-20-23-19(25-28-20)15-27-18-13-11-16(12-14-18)21(26)24-22(3,5-2)17-9-7-6-8-10-17/h6-14H,4-5,15H2,1-3H3,(H,24,26). The van der Waals surface area contributed by atoms with Crippen molar-refractivity contribution in [2.45, 2.75) is 45.8 Å². The average Bonchev–Trinajstić information content (AvgIpc) is 3.21.